The predicted octanol–water partition coefficient (Wildman–Crippen LogP) is 4.86. The van der Waals surface area contributed by atoms with Gasteiger partial charge in [0.05, 0.1) is 23.9 Å². The van der Waals surface area contributed by atoms with E-state index in [4.69, 9.17) is 10.2 Å². The Morgan fingerprint density at radius 1 is 0.339 bits per heavy atom. The Bertz CT molecular complexity index is 974. The summed E-state index contributed by atoms with van der Waals surface area (Å²) in [7, 11) is 0. The second kappa shape index (κ2) is 49.4. The van der Waals surface area contributed by atoms with Crippen molar-refractivity contribution in [3.05, 3.63) is 47.6 Å². The van der Waals surface area contributed by atoms with Crippen LogP contribution in [0, 0.1) is 0 Å². The summed E-state index contributed by atoms with van der Waals surface area (Å²) in [5.41, 5.74) is -0.722. The van der Waals surface area contributed by atoms with Gasteiger partial charge in [0.2, 0.25) is 0 Å². The number of carbonyl (C=O) groups excluding carboxylic acids is 4. The number of aliphatic hydroxyl groups excluding tert-OH is 2. The molecule has 12 heteroatoms. The molecular weight excluding hydrogens is 737 g/mol. The maximum Gasteiger partial charge on any atom is 2.00 e. The van der Waals surface area contributed by atoms with E-state index in [9.17, 15) is 39.6 Å². The molecule has 0 spiro atoms. The third kappa shape index (κ3) is 50.3. The summed E-state index contributed by atoms with van der Waals surface area (Å²) in [6, 6.07) is 0. The molecule has 2 N–H and O–H groups in total. The minimum atomic E-state index is -1.53. The van der Waals surface area contributed by atoms with E-state index in [-0.39, 0.29) is 57.3 Å². The van der Waals surface area contributed by atoms with Crippen LogP contribution in [0.25, 0.3) is 0 Å². The molecule has 0 radical (unpaired) electrons. The largest absolute Gasteiger partial charge is 2.00 e. The van der Waals surface area contributed by atoms with E-state index in [0.717, 1.165) is 64.2 Å². The molecule has 0 amide bonds. The number of carbonyl (C=O) groups is 4. The summed E-state index contributed by atoms with van der Waals surface area (Å²) >= 11 is 0. The van der Waals surface area contributed by atoms with Gasteiger partial charge in [-0.15, -0.1) is 0 Å². The number of rotatable bonds is 38. The first-order valence-electron chi connectivity index (χ1n) is 21.0. The summed E-state index contributed by atoms with van der Waals surface area (Å²) in [4.78, 5) is 42.2. The fourth-order valence-corrected chi connectivity index (χ4v) is 6.02. The maximum atomic E-state index is 10.7. The van der Waals surface area contributed by atoms with E-state index in [1.165, 1.54) is 141 Å². The molecule has 0 aliphatic heterocycles. The van der Waals surface area contributed by atoms with Gasteiger partial charge in [0.15, 0.2) is 0 Å². The average Bonchev–Trinajstić information content (AvgIpc) is 3.13. The normalized spacial score (nSPS) is 11.5. The van der Waals surface area contributed by atoms with Crippen LogP contribution in [0.2, 0.25) is 0 Å². The monoisotopic (exact) mass is 808 g/mol. The number of aliphatic hydroxyl groups is 2. The molecule has 0 unspecified atom stereocenters. The van der Waals surface area contributed by atoms with Gasteiger partial charge in [-0.05, 0) is 61.8 Å². The van der Waals surface area contributed by atoms with Crippen molar-refractivity contribution in [2.75, 3.05) is 13.2 Å². The Balaban J connectivity index is -0.000000466. The van der Waals surface area contributed by atoms with E-state index in [2.05, 4.69) is 0 Å². The molecule has 0 atom stereocenters. The molecule has 312 valence electrons. The first-order valence-corrected chi connectivity index (χ1v) is 21.0. The van der Waals surface area contributed by atoms with Crippen LogP contribution >= 0.6 is 0 Å². The van der Waals surface area contributed by atoms with Crippen LogP contribution in [-0.4, -0.2) is 93.4 Å². The molecule has 0 rings (SSSR count). The summed E-state index contributed by atoms with van der Waals surface area (Å²) in [5.74, 6) is -6.07. The van der Waals surface area contributed by atoms with Crippen LogP contribution in [-0.2, 0) is 19.2 Å². The van der Waals surface area contributed by atoms with Gasteiger partial charge in [0.1, 0.15) is 0 Å². The third-order valence-corrected chi connectivity index (χ3v) is 9.17. The van der Waals surface area contributed by atoms with E-state index in [1.807, 2.05) is 0 Å². The Hall–Kier alpha value is -1.71. The number of hydrogen-bond acceptors (Lipinski definition) is 10. The standard InChI is InChI=1S/2C22H38O5.2Mg/c2*23-18-16-14-12-10-8-6-4-2-1-3-5-7-9-11-13-15-17-20(22(26)27)19-21(24)25;;/h2*15,17,19,23H,1-14,16,18H2,(H,24,25)(H,26,27);;/q;;2*+2/p-4/b2*17-15?,20-19-;;. The van der Waals surface area contributed by atoms with Gasteiger partial charge < -0.3 is 49.8 Å². The molecule has 0 saturated heterocycles. The van der Waals surface area contributed by atoms with Crippen LogP contribution in [0.3, 0.4) is 0 Å². The molecule has 0 fully saturated rings. The maximum absolute atomic E-state index is 10.7. The van der Waals surface area contributed by atoms with Gasteiger partial charge in [-0.3, -0.25) is 0 Å². The zero-order chi connectivity index (χ0) is 40.3. The molecule has 0 bridgehead atoms. The first-order chi connectivity index (χ1) is 26.1. The second-order valence-corrected chi connectivity index (χ2v) is 14.1. The number of aliphatic carboxylic acids is 4. The van der Waals surface area contributed by atoms with Crippen molar-refractivity contribution in [1.29, 1.82) is 0 Å². The van der Waals surface area contributed by atoms with Crippen molar-refractivity contribution >= 4 is 70.0 Å². The van der Waals surface area contributed by atoms with Gasteiger partial charge >= 0.3 is 46.1 Å². The molecule has 56 heavy (non-hydrogen) atoms. The minimum Gasteiger partial charge on any atom is -0.545 e. The number of carboxylic acid groups (broad SMARTS) is 4. The van der Waals surface area contributed by atoms with E-state index < -0.39 is 23.9 Å². The molecule has 0 saturated carbocycles. The average molecular weight is 810 g/mol. The predicted molar refractivity (Wildman–Crippen MR) is 219 cm³/mol. The van der Waals surface area contributed by atoms with Gasteiger partial charge in [0, 0.05) is 13.2 Å². The number of allylic oxidation sites excluding steroid dienone is 2. The van der Waals surface area contributed by atoms with Gasteiger partial charge in [-0.25, -0.2) is 0 Å². The Morgan fingerprint density at radius 2 is 0.536 bits per heavy atom. The van der Waals surface area contributed by atoms with Crippen LogP contribution in [0.4, 0.5) is 0 Å². The van der Waals surface area contributed by atoms with E-state index >= 15 is 0 Å². The van der Waals surface area contributed by atoms with E-state index in [1.54, 1.807) is 12.2 Å². The first kappa shape index (κ1) is 61.0. The van der Waals surface area contributed by atoms with Crippen LogP contribution in [0.5, 0.6) is 0 Å². The Kier molecular flexibility index (Phi) is 53.8. The van der Waals surface area contributed by atoms with Crippen LogP contribution in [0.15, 0.2) is 47.6 Å². The van der Waals surface area contributed by atoms with Crippen LogP contribution < -0.4 is 20.4 Å². The van der Waals surface area contributed by atoms with Crippen molar-refractivity contribution in [1.82, 2.24) is 0 Å². The SMILES string of the molecule is O=C([O-])/C=C(/C=CCCCCCCCCCCCCCCCCO)C(=O)[O-].O=C([O-])/C=C(/C=CCCCCCCCCCCCCCCCCO)C(=O)[O-].[Mg+2].[Mg+2]. The molecule has 10 nitrogen and oxygen atoms in total. The molecular formula is C44H72Mg2O10. The smallest absolute Gasteiger partial charge is 0.545 e. The molecule has 0 heterocycles. The number of unbranched alkanes of at least 4 members (excludes halogenated alkanes) is 28. The third-order valence-electron chi connectivity index (χ3n) is 9.17. The fourth-order valence-electron chi connectivity index (χ4n) is 6.02. The van der Waals surface area contributed by atoms with Crippen molar-refractivity contribution in [3.8, 4) is 0 Å². The van der Waals surface area contributed by atoms with E-state index in [0.29, 0.717) is 25.4 Å². The molecule has 0 aliphatic rings. The van der Waals surface area contributed by atoms with Crippen molar-refractivity contribution in [3.63, 3.8) is 0 Å². The van der Waals surface area contributed by atoms with Crippen molar-refractivity contribution in [2.24, 2.45) is 0 Å². The molecule has 0 aromatic heterocycles. The zero-order valence-electron chi connectivity index (χ0n) is 34.7. The minimum absolute atomic E-state index is 0. The summed E-state index contributed by atoms with van der Waals surface area (Å²) in [6.07, 6.45) is 42.4. The van der Waals surface area contributed by atoms with Gasteiger partial charge in [-0.2, -0.15) is 0 Å². The number of carboxylic acids is 4. The summed E-state index contributed by atoms with van der Waals surface area (Å²) < 4.78 is 0. The zero-order valence-corrected chi connectivity index (χ0v) is 37.5. The van der Waals surface area contributed by atoms with Crippen molar-refractivity contribution < 1.29 is 49.8 Å². The van der Waals surface area contributed by atoms with Gasteiger partial charge in [-0.1, -0.05) is 178 Å². The van der Waals surface area contributed by atoms with Crippen molar-refractivity contribution in [2.45, 2.75) is 193 Å². The number of hydrogen-bond donors (Lipinski definition) is 2. The second-order valence-electron chi connectivity index (χ2n) is 14.1. The Morgan fingerprint density at radius 3 is 0.714 bits per heavy atom. The fraction of sp³-hybridized carbons (Fsp3) is 0.727. The summed E-state index contributed by atoms with van der Waals surface area (Å²) in [5, 5.41) is 59.6. The topological polar surface area (TPSA) is 201 Å². The summed E-state index contributed by atoms with van der Waals surface area (Å²) in [6.45, 7) is 0.643. The van der Waals surface area contributed by atoms with Gasteiger partial charge in [0.25, 0.3) is 0 Å². The molecule has 0 aromatic carbocycles. The quantitative estimate of drug-likeness (QED) is 0.0376. The molecule has 0 aromatic rings. The Labute approximate surface area is 371 Å². The molecule has 0 aliphatic carbocycles. The van der Waals surface area contributed by atoms with Crippen LogP contribution in [0.1, 0.15) is 193 Å².